The molecule has 0 spiro atoms. The zero-order valence-electron chi connectivity index (χ0n) is 9.74. The van der Waals surface area contributed by atoms with E-state index in [1.54, 1.807) is 0 Å². The van der Waals surface area contributed by atoms with Crippen LogP contribution in [-0.4, -0.2) is 9.78 Å². The maximum Gasteiger partial charge on any atom is 0.176 e. The number of hydrogen-bond donors (Lipinski definition) is 1. The Balaban J connectivity index is 0.00000144. The number of halogens is 2. The smallest absolute Gasteiger partial charge is 0.176 e. The van der Waals surface area contributed by atoms with Gasteiger partial charge in [-0.05, 0) is 19.1 Å². The Morgan fingerprint density at radius 3 is 2.71 bits per heavy atom. The molecule has 3 nitrogen and oxygen atoms in total. The average molecular weight is 276 g/mol. The zero-order chi connectivity index (χ0) is 11.5. The number of hydrogen-bond acceptors (Lipinski definition) is 3. The van der Waals surface area contributed by atoms with Crippen molar-refractivity contribution in [1.82, 2.24) is 15.1 Å². The van der Waals surface area contributed by atoms with Crippen molar-refractivity contribution in [2.24, 2.45) is 7.05 Å². The molecule has 17 heavy (non-hydrogen) atoms. The molecule has 1 N–H and O–H groups in total. The zero-order valence-corrected chi connectivity index (χ0v) is 11.4. The van der Waals surface area contributed by atoms with Gasteiger partial charge in [-0.15, -0.1) is 23.7 Å². The maximum absolute atomic E-state index is 12.7. The third-order valence-electron chi connectivity index (χ3n) is 2.58. The molecule has 0 atom stereocenters. The molecule has 0 aliphatic carbocycles. The van der Waals surface area contributed by atoms with E-state index in [1.807, 2.05) is 30.9 Å². The Hall–Kier alpha value is -0.910. The standard InChI is InChI=1S/C11H14FN3S.ClH/c1-8-9(6-14-15(8)2)5-13-7-10-3-4-11(12)16-10;/h3-4,6,13H,5,7H2,1-2H3;1H. The molecule has 2 aromatic heterocycles. The van der Waals surface area contributed by atoms with E-state index < -0.39 is 0 Å². The van der Waals surface area contributed by atoms with Crippen LogP contribution in [0.5, 0.6) is 0 Å². The van der Waals surface area contributed by atoms with Gasteiger partial charge in [0.15, 0.2) is 5.13 Å². The van der Waals surface area contributed by atoms with Crippen LogP contribution in [0.4, 0.5) is 4.39 Å². The second kappa shape index (κ2) is 6.14. The number of rotatable bonds is 4. The van der Waals surface area contributed by atoms with Gasteiger partial charge in [-0.25, -0.2) is 0 Å². The lowest BCUT2D eigenvalue weighted by Gasteiger charge is -2.02. The molecular formula is C11H15ClFN3S. The Bertz CT molecular complexity index is 481. The summed E-state index contributed by atoms with van der Waals surface area (Å²) in [5.74, 6) is 0. The molecule has 0 bridgehead atoms. The molecular weight excluding hydrogens is 261 g/mol. The van der Waals surface area contributed by atoms with Gasteiger partial charge >= 0.3 is 0 Å². The predicted molar refractivity (Wildman–Crippen MR) is 70.0 cm³/mol. The second-order valence-electron chi connectivity index (χ2n) is 3.69. The normalized spacial score (nSPS) is 10.3. The van der Waals surface area contributed by atoms with E-state index in [9.17, 15) is 4.39 Å². The monoisotopic (exact) mass is 275 g/mol. The minimum absolute atomic E-state index is 0. The van der Waals surface area contributed by atoms with Crippen LogP contribution in [0.2, 0.25) is 0 Å². The Kier molecular flexibility index (Phi) is 5.11. The van der Waals surface area contributed by atoms with Crippen molar-refractivity contribution in [3.8, 4) is 0 Å². The molecule has 6 heteroatoms. The summed E-state index contributed by atoms with van der Waals surface area (Å²) in [6.45, 7) is 3.50. The highest BCUT2D eigenvalue weighted by atomic mass is 35.5. The van der Waals surface area contributed by atoms with Crippen LogP contribution in [0.15, 0.2) is 18.3 Å². The highest BCUT2D eigenvalue weighted by molar-refractivity contribution is 7.10. The SMILES string of the molecule is Cc1c(CNCc2ccc(F)s2)cnn1C.Cl. The number of nitrogens with one attached hydrogen (secondary N) is 1. The molecule has 0 fully saturated rings. The first-order valence-corrected chi connectivity index (χ1v) is 5.91. The van der Waals surface area contributed by atoms with Crippen LogP contribution in [-0.2, 0) is 20.1 Å². The van der Waals surface area contributed by atoms with E-state index >= 15 is 0 Å². The highest BCUT2D eigenvalue weighted by Crippen LogP contribution is 2.14. The fourth-order valence-electron chi connectivity index (χ4n) is 1.48. The van der Waals surface area contributed by atoms with Gasteiger partial charge in [-0.2, -0.15) is 9.49 Å². The van der Waals surface area contributed by atoms with Crippen molar-refractivity contribution in [3.63, 3.8) is 0 Å². The van der Waals surface area contributed by atoms with Gasteiger partial charge in [0, 0.05) is 36.3 Å². The van der Waals surface area contributed by atoms with Crippen LogP contribution in [0.1, 0.15) is 16.1 Å². The molecule has 0 aromatic carbocycles. The van der Waals surface area contributed by atoms with Crippen molar-refractivity contribution in [2.75, 3.05) is 0 Å². The molecule has 0 saturated heterocycles. The fourth-order valence-corrected chi connectivity index (χ4v) is 2.18. The molecule has 0 unspecified atom stereocenters. The third-order valence-corrected chi connectivity index (χ3v) is 3.45. The summed E-state index contributed by atoms with van der Waals surface area (Å²) in [4.78, 5) is 1.01. The lowest BCUT2D eigenvalue weighted by Crippen LogP contribution is -2.12. The average Bonchev–Trinajstić information content (AvgIpc) is 2.79. The molecule has 0 radical (unpaired) electrons. The third kappa shape index (κ3) is 3.52. The summed E-state index contributed by atoms with van der Waals surface area (Å²) in [5, 5.41) is 7.31. The predicted octanol–water partition coefficient (Wildman–Crippen LogP) is 2.64. The topological polar surface area (TPSA) is 29.9 Å². The van der Waals surface area contributed by atoms with Crippen molar-refractivity contribution >= 4 is 23.7 Å². The van der Waals surface area contributed by atoms with Gasteiger partial charge in [0.2, 0.25) is 0 Å². The Labute approximate surface area is 110 Å². The summed E-state index contributed by atoms with van der Waals surface area (Å²) < 4.78 is 14.6. The molecule has 0 amide bonds. The number of nitrogens with zero attached hydrogens (tertiary/aromatic N) is 2. The van der Waals surface area contributed by atoms with Gasteiger partial charge in [0.25, 0.3) is 0 Å². The lowest BCUT2D eigenvalue weighted by molar-refractivity contribution is 0.657. The van der Waals surface area contributed by atoms with Crippen LogP contribution in [0.25, 0.3) is 0 Å². The summed E-state index contributed by atoms with van der Waals surface area (Å²) in [5.41, 5.74) is 2.34. The number of thiophene rings is 1. The minimum Gasteiger partial charge on any atom is -0.308 e. The molecule has 0 saturated carbocycles. The number of aromatic nitrogens is 2. The van der Waals surface area contributed by atoms with Crippen LogP contribution in [0.3, 0.4) is 0 Å². The first-order chi connectivity index (χ1) is 7.66. The Morgan fingerprint density at radius 2 is 2.18 bits per heavy atom. The summed E-state index contributed by atoms with van der Waals surface area (Å²) in [6, 6.07) is 3.31. The first kappa shape index (κ1) is 14.2. The maximum atomic E-state index is 12.7. The quantitative estimate of drug-likeness (QED) is 0.930. The van der Waals surface area contributed by atoms with E-state index in [0.717, 1.165) is 17.1 Å². The lowest BCUT2D eigenvalue weighted by atomic mass is 10.2. The summed E-state index contributed by atoms with van der Waals surface area (Å²) in [6.07, 6.45) is 1.86. The fraction of sp³-hybridized carbons (Fsp3) is 0.364. The van der Waals surface area contributed by atoms with Gasteiger partial charge in [-0.1, -0.05) is 0 Å². The van der Waals surface area contributed by atoms with Gasteiger partial charge in [0.1, 0.15) is 0 Å². The van der Waals surface area contributed by atoms with E-state index in [2.05, 4.69) is 10.4 Å². The minimum atomic E-state index is -0.130. The number of aryl methyl sites for hydroxylation is 1. The van der Waals surface area contributed by atoms with Crippen molar-refractivity contribution in [1.29, 1.82) is 0 Å². The summed E-state index contributed by atoms with van der Waals surface area (Å²) in [7, 11) is 1.92. The molecule has 0 aliphatic rings. The summed E-state index contributed by atoms with van der Waals surface area (Å²) >= 11 is 1.18. The Morgan fingerprint density at radius 1 is 1.41 bits per heavy atom. The van der Waals surface area contributed by atoms with Gasteiger partial charge < -0.3 is 5.32 Å². The van der Waals surface area contributed by atoms with Crippen molar-refractivity contribution < 1.29 is 4.39 Å². The molecule has 2 heterocycles. The first-order valence-electron chi connectivity index (χ1n) is 5.09. The molecule has 0 aliphatic heterocycles. The molecule has 2 rings (SSSR count). The van der Waals surface area contributed by atoms with Gasteiger partial charge in [0.05, 0.1) is 6.20 Å². The van der Waals surface area contributed by atoms with Crippen LogP contribution in [0, 0.1) is 12.1 Å². The van der Waals surface area contributed by atoms with Crippen LogP contribution < -0.4 is 5.32 Å². The van der Waals surface area contributed by atoms with Crippen molar-refractivity contribution in [2.45, 2.75) is 20.0 Å². The van der Waals surface area contributed by atoms with E-state index in [-0.39, 0.29) is 17.5 Å². The molecule has 2 aromatic rings. The van der Waals surface area contributed by atoms with Crippen molar-refractivity contribution in [3.05, 3.63) is 39.6 Å². The van der Waals surface area contributed by atoms with E-state index in [1.165, 1.54) is 23.0 Å². The van der Waals surface area contributed by atoms with Crippen LogP contribution >= 0.6 is 23.7 Å². The molecule has 94 valence electrons. The van der Waals surface area contributed by atoms with Gasteiger partial charge in [-0.3, -0.25) is 4.68 Å². The highest BCUT2D eigenvalue weighted by Gasteiger charge is 2.03. The largest absolute Gasteiger partial charge is 0.308 e. The van der Waals surface area contributed by atoms with E-state index in [0.29, 0.717) is 6.54 Å². The van der Waals surface area contributed by atoms with E-state index in [4.69, 9.17) is 0 Å². The second-order valence-corrected chi connectivity index (χ2v) is 4.81.